The maximum atomic E-state index is 16.0. The quantitative estimate of drug-likeness (QED) is 0.113. The van der Waals surface area contributed by atoms with Crippen molar-refractivity contribution in [2.75, 3.05) is 0 Å². The maximum absolute atomic E-state index is 16.0. The van der Waals surface area contributed by atoms with E-state index in [1.807, 2.05) is 27.7 Å². The van der Waals surface area contributed by atoms with Gasteiger partial charge in [-0.25, -0.2) is 14.4 Å². The highest BCUT2D eigenvalue weighted by Crippen LogP contribution is 2.81. The molecule has 0 radical (unpaired) electrons. The van der Waals surface area contributed by atoms with Gasteiger partial charge >= 0.3 is 29.8 Å². The van der Waals surface area contributed by atoms with Crippen LogP contribution in [0.25, 0.3) is 0 Å². The first-order valence-corrected chi connectivity index (χ1v) is 27.6. The number of Topliss-reactive ketones (excluding diaryl/α,β-unsaturated/α-hetero) is 1. The number of fused-ring (bicyclic) bond motifs is 13. The summed E-state index contributed by atoms with van der Waals surface area (Å²) in [5.74, 6) is -15.9. The number of rotatable bonds is 6. The van der Waals surface area contributed by atoms with Crippen molar-refractivity contribution in [1.29, 1.82) is 0 Å². The Hall–Kier alpha value is -7.54. The predicted octanol–water partition coefficient (Wildman–Crippen LogP) is 6.04. The molecule has 4 aromatic rings. The van der Waals surface area contributed by atoms with E-state index < -0.39 is 176 Å². The minimum atomic E-state index is -2.27. The summed E-state index contributed by atoms with van der Waals surface area (Å²) in [7, 11) is 0. The largest absolute Gasteiger partial charge is 0.462 e. The molecule has 18 nitrogen and oxygen atoms in total. The van der Waals surface area contributed by atoms with Gasteiger partial charge in [-0.2, -0.15) is 0 Å². The molecular weight excluding hydrogens is 1040 g/mol. The molecule has 5 saturated carbocycles. The standard InChI is InChI=1S/C63H56O18/c1-24-41-40(52(49(70)38-23-39-51(77-39)55(59(38,41)5)76-27(4)65)78-56(72)28-17-19-34-36(21-28)47(68)32-15-11-9-13-30(32)45(34)66)43-50(71)44-42(60(43,6)53(24)75-26(3)64)25(2)54-63(79-54)61(44,7)62(8,58(74)81-63)80-57(73)29-18-20-35-37(22-29)48(69)33-16-12-10-14-31(33)46(35)67/h9-22,24-25,38-44,50-55,71H,23H2,1-8H3/t24-,25-,38+,39-,40+,41-,42-,43+,44-,50+,51-,52+,53-,54+,55-,59-,60+,61-,62+,63-/m0/s1. The third-order valence-corrected chi connectivity index (χ3v) is 21.6. The van der Waals surface area contributed by atoms with E-state index in [0.717, 1.165) is 0 Å². The average molecular weight is 1100 g/mol. The topological polar surface area (TPSA) is 262 Å². The third kappa shape index (κ3) is 6.27. The van der Waals surface area contributed by atoms with Crippen LogP contribution in [0.1, 0.15) is 146 Å². The SMILES string of the molecule is CC(=O)O[C@H]1[C@@H](C)[C@H]2[C@H]([C@@H]3[C@@H](O)[C@@H]4[C@H]([C@H](C)[C@H]5O[C@]56OC(=O)[C@@](C)(OC(=O)c5ccc7c(c5)C(=O)c5ccccc5C7=O)[C@]46C)[C@]31C)[C@@H](OC(=O)c1ccc3c(c1)C(=O)c1ccccc1C3=O)C(=O)[C@H]1C[C@@H]3O[C@@H]3[C@H](OC(C)=O)[C@]21C. The number of hydrogen-bond acceptors (Lipinski definition) is 18. The van der Waals surface area contributed by atoms with Crippen molar-refractivity contribution >= 4 is 58.8 Å². The van der Waals surface area contributed by atoms with E-state index in [0.29, 0.717) is 0 Å². The molecule has 8 fully saturated rings. The van der Waals surface area contributed by atoms with Crippen molar-refractivity contribution in [2.24, 2.45) is 63.6 Å². The first kappa shape index (κ1) is 51.6. The molecule has 1 N–H and O–H groups in total. The summed E-state index contributed by atoms with van der Waals surface area (Å²) in [5.41, 5.74) is -6.21. The fourth-order valence-corrected chi connectivity index (χ4v) is 18.3. The molecule has 0 bridgehead atoms. The smallest absolute Gasteiger partial charge is 0.353 e. The number of aliphatic hydroxyl groups excluding tert-OH is 1. The van der Waals surface area contributed by atoms with E-state index in [2.05, 4.69) is 0 Å². The number of aliphatic hydroxyl groups is 1. The maximum Gasteiger partial charge on any atom is 0.353 e. The predicted molar refractivity (Wildman–Crippen MR) is 275 cm³/mol. The van der Waals surface area contributed by atoms with Gasteiger partial charge in [0, 0.05) is 92.9 Å². The summed E-state index contributed by atoms with van der Waals surface area (Å²) in [5, 5.41) is 13.9. The van der Waals surface area contributed by atoms with Crippen LogP contribution in [0.5, 0.6) is 0 Å². The molecule has 7 aliphatic carbocycles. The summed E-state index contributed by atoms with van der Waals surface area (Å²) in [4.78, 5) is 143. The van der Waals surface area contributed by atoms with Crippen molar-refractivity contribution in [3.63, 3.8) is 0 Å². The second-order valence-corrected chi connectivity index (χ2v) is 25.0. The van der Waals surface area contributed by atoms with Crippen LogP contribution in [0.2, 0.25) is 0 Å². The number of carbonyl (C=O) groups is 10. The van der Waals surface area contributed by atoms with E-state index in [1.54, 1.807) is 43.3 Å². The van der Waals surface area contributed by atoms with Crippen LogP contribution in [-0.2, 0) is 52.3 Å². The molecule has 1 spiro atoms. The van der Waals surface area contributed by atoms with Crippen LogP contribution in [0.4, 0.5) is 0 Å². The lowest BCUT2D eigenvalue weighted by atomic mass is 9.39. The summed E-state index contributed by atoms with van der Waals surface area (Å²) >= 11 is 0. The molecule has 18 heteroatoms. The Balaban J connectivity index is 0.899. The number of carbonyl (C=O) groups excluding carboxylic acids is 10. The number of ether oxygens (including phenoxy) is 7. The highest BCUT2D eigenvalue weighted by molar-refractivity contribution is 6.29. The first-order valence-electron chi connectivity index (χ1n) is 27.6. The van der Waals surface area contributed by atoms with Crippen molar-refractivity contribution in [3.8, 4) is 0 Å². The molecular formula is C63H56O18. The lowest BCUT2D eigenvalue weighted by molar-refractivity contribution is -0.252. The number of esters is 5. The molecule has 0 unspecified atom stereocenters. The normalized spacial score (nSPS) is 41.1. The van der Waals surface area contributed by atoms with Gasteiger partial charge in [-0.3, -0.25) is 33.6 Å². The second-order valence-electron chi connectivity index (χ2n) is 25.0. The van der Waals surface area contributed by atoms with Crippen LogP contribution < -0.4 is 0 Å². The van der Waals surface area contributed by atoms with Gasteiger partial charge in [0.25, 0.3) is 5.79 Å². The Morgan fingerprint density at radius 2 is 1.09 bits per heavy atom. The number of benzene rings is 4. The van der Waals surface area contributed by atoms with Gasteiger partial charge in [-0.15, -0.1) is 0 Å². The molecule has 0 aromatic heterocycles. The van der Waals surface area contributed by atoms with Crippen LogP contribution in [-0.4, -0.2) is 118 Å². The Labute approximate surface area is 463 Å². The van der Waals surface area contributed by atoms with E-state index in [-0.39, 0.29) is 62.1 Å². The number of ketones is 5. The molecule has 81 heavy (non-hydrogen) atoms. The summed E-state index contributed by atoms with van der Waals surface area (Å²) in [6.07, 6.45) is -7.18. The Kier molecular flexibility index (Phi) is 10.6. The third-order valence-electron chi connectivity index (χ3n) is 21.6. The number of epoxide rings is 2. The van der Waals surface area contributed by atoms with Gasteiger partial charge in [0.2, 0.25) is 5.60 Å². The number of hydrogen-bond donors (Lipinski definition) is 1. The molecule has 10 aliphatic rings. The monoisotopic (exact) mass is 1100 g/mol. The van der Waals surface area contributed by atoms with Crippen molar-refractivity contribution in [3.05, 3.63) is 141 Å². The average Bonchev–Trinajstić information content (AvgIpc) is 4.11. The highest BCUT2D eigenvalue weighted by Gasteiger charge is 2.94. The molecule has 3 saturated heterocycles. The van der Waals surface area contributed by atoms with Crippen molar-refractivity contribution in [1.82, 2.24) is 0 Å². The van der Waals surface area contributed by atoms with E-state index in [9.17, 15) is 43.5 Å². The molecule has 3 aliphatic heterocycles. The van der Waals surface area contributed by atoms with E-state index in [1.165, 1.54) is 69.3 Å². The molecule has 20 atom stereocenters. The first-order chi connectivity index (χ1) is 38.4. The molecule has 14 rings (SSSR count). The lowest BCUT2D eigenvalue weighted by Gasteiger charge is -2.66. The fraction of sp³-hybridized carbons (Fsp3) is 0.460. The summed E-state index contributed by atoms with van der Waals surface area (Å²) in [6.45, 7) is 13.0. The van der Waals surface area contributed by atoms with Crippen LogP contribution in [0.15, 0.2) is 84.9 Å². The second kappa shape index (κ2) is 16.6. The van der Waals surface area contributed by atoms with Crippen LogP contribution >= 0.6 is 0 Å². The zero-order valence-electron chi connectivity index (χ0n) is 45.3. The molecule has 3 heterocycles. The van der Waals surface area contributed by atoms with Crippen LogP contribution in [0, 0.1) is 63.6 Å². The zero-order chi connectivity index (χ0) is 57.3. The lowest BCUT2D eigenvalue weighted by Crippen LogP contribution is -2.72. The molecule has 4 aromatic carbocycles. The Morgan fingerprint density at radius 3 is 1.63 bits per heavy atom. The fourth-order valence-electron chi connectivity index (χ4n) is 18.3. The Morgan fingerprint density at radius 1 is 0.580 bits per heavy atom. The molecule has 0 amide bonds. The minimum absolute atomic E-state index is 0.0320. The summed E-state index contributed by atoms with van der Waals surface area (Å²) in [6, 6.07) is 20.6. The van der Waals surface area contributed by atoms with Crippen molar-refractivity contribution in [2.45, 2.75) is 116 Å². The van der Waals surface area contributed by atoms with Crippen LogP contribution in [0.3, 0.4) is 0 Å². The van der Waals surface area contributed by atoms with E-state index >= 15 is 9.59 Å². The van der Waals surface area contributed by atoms with Gasteiger partial charge in [0.05, 0.1) is 28.7 Å². The Bertz CT molecular complexity index is 3670. The minimum Gasteiger partial charge on any atom is -0.462 e. The van der Waals surface area contributed by atoms with Gasteiger partial charge in [0.15, 0.2) is 35.0 Å². The molecule has 416 valence electrons. The van der Waals surface area contributed by atoms with Gasteiger partial charge in [-0.05, 0) is 80.3 Å². The van der Waals surface area contributed by atoms with Gasteiger partial charge < -0.3 is 38.3 Å². The zero-order valence-corrected chi connectivity index (χ0v) is 45.3. The highest BCUT2D eigenvalue weighted by atomic mass is 16.8. The van der Waals surface area contributed by atoms with Gasteiger partial charge in [0.1, 0.15) is 24.4 Å². The van der Waals surface area contributed by atoms with Gasteiger partial charge in [-0.1, -0.05) is 76.2 Å². The van der Waals surface area contributed by atoms with Crippen molar-refractivity contribution < 1.29 is 86.2 Å². The van der Waals surface area contributed by atoms with E-state index in [4.69, 9.17) is 33.2 Å². The summed E-state index contributed by atoms with van der Waals surface area (Å²) < 4.78 is 44.8.